The monoisotopic (exact) mass is 398 g/mol. The van der Waals surface area contributed by atoms with Gasteiger partial charge >= 0.3 is 12.1 Å². The van der Waals surface area contributed by atoms with Crippen LogP contribution in [0, 0.1) is 5.41 Å². The SMILES string of the molecule is CNc1cc(-c2noc(N3CCN(C(=O)OC4(C)CC4)CC3)n2)ccc1C(C)=N. The Bertz CT molecular complexity index is 928. The Kier molecular flexibility index (Phi) is 4.89. The molecule has 0 spiro atoms. The van der Waals surface area contributed by atoms with Gasteiger partial charge < -0.3 is 29.8 Å². The van der Waals surface area contributed by atoms with E-state index in [9.17, 15) is 4.79 Å². The lowest BCUT2D eigenvalue weighted by Gasteiger charge is -2.33. The number of rotatable bonds is 5. The molecular weight excluding hydrogens is 372 g/mol. The summed E-state index contributed by atoms with van der Waals surface area (Å²) in [5.41, 5.74) is 2.73. The lowest BCUT2D eigenvalue weighted by Crippen LogP contribution is -2.49. The number of aromatic nitrogens is 2. The van der Waals surface area contributed by atoms with Gasteiger partial charge in [-0.3, -0.25) is 0 Å². The van der Waals surface area contributed by atoms with E-state index in [1.165, 1.54) is 0 Å². The molecule has 9 heteroatoms. The van der Waals surface area contributed by atoms with Crippen LogP contribution in [0.25, 0.3) is 11.4 Å². The minimum atomic E-state index is -0.256. The molecule has 0 atom stereocenters. The minimum absolute atomic E-state index is 0.239. The molecular formula is C20H26N6O3. The second-order valence-electron chi connectivity index (χ2n) is 7.83. The molecule has 1 amide bonds. The van der Waals surface area contributed by atoms with E-state index in [0.717, 1.165) is 29.7 Å². The van der Waals surface area contributed by atoms with Crippen molar-refractivity contribution in [1.29, 1.82) is 5.41 Å². The molecule has 154 valence electrons. The molecule has 29 heavy (non-hydrogen) atoms. The zero-order valence-corrected chi connectivity index (χ0v) is 17.0. The third kappa shape index (κ3) is 4.03. The van der Waals surface area contributed by atoms with Gasteiger partial charge in [0.15, 0.2) is 0 Å². The second-order valence-corrected chi connectivity index (χ2v) is 7.83. The molecule has 2 aromatic rings. The summed E-state index contributed by atoms with van der Waals surface area (Å²) in [7, 11) is 1.82. The van der Waals surface area contributed by atoms with Crippen LogP contribution < -0.4 is 10.2 Å². The molecule has 9 nitrogen and oxygen atoms in total. The van der Waals surface area contributed by atoms with Crippen LogP contribution in [0.1, 0.15) is 32.3 Å². The van der Waals surface area contributed by atoms with Crippen molar-refractivity contribution in [1.82, 2.24) is 15.0 Å². The molecule has 1 saturated carbocycles. The third-order valence-electron chi connectivity index (χ3n) is 5.46. The summed E-state index contributed by atoms with van der Waals surface area (Å²) in [6.07, 6.45) is 1.65. The molecule has 1 aromatic carbocycles. The number of carbonyl (C=O) groups excluding carboxylic acids is 1. The molecule has 0 unspecified atom stereocenters. The molecule has 1 aliphatic carbocycles. The first-order valence-corrected chi connectivity index (χ1v) is 9.83. The summed E-state index contributed by atoms with van der Waals surface area (Å²) >= 11 is 0. The van der Waals surface area contributed by atoms with E-state index in [-0.39, 0.29) is 11.7 Å². The average molecular weight is 398 g/mol. The summed E-state index contributed by atoms with van der Waals surface area (Å²) in [5, 5.41) is 15.1. The fourth-order valence-corrected chi connectivity index (χ4v) is 3.31. The van der Waals surface area contributed by atoms with E-state index >= 15 is 0 Å². The third-order valence-corrected chi connectivity index (χ3v) is 5.46. The number of ether oxygens (including phenoxy) is 1. The molecule has 0 bridgehead atoms. The van der Waals surface area contributed by atoms with Crippen LogP contribution in [0.4, 0.5) is 16.5 Å². The fourth-order valence-electron chi connectivity index (χ4n) is 3.31. The van der Waals surface area contributed by atoms with Gasteiger partial charge in [-0.2, -0.15) is 4.98 Å². The standard InChI is InChI=1S/C20H26N6O3/c1-13(21)15-5-4-14(12-16(15)22-3)17-23-18(29-24-17)25-8-10-26(11-9-25)19(27)28-20(2)6-7-20/h4-5,12,21-22H,6-11H2,1-3H3. The molecule has 0 radical (unpaired) electrons. The predicted molar refractivity (Wildman–Crippen MR) is 110 cm³/mol. The van der Waals surface area contributed by atoms with Crippen LogP contribution in [0.5, 0.6) is 0 Å². The van der Waals surface area contributed by atoms with E-state index in [1.807, 2.05) is 37.1 Å². The van der Waals surface area contributed by atoms with Crippen LogP contribution >= 0.6 is 0 Å². The van der Waals surface area contributed by atoms with E-state index in [1.54, 1.807) is 11.8 Å². The first kappa shape index (κ1) is 19.2. The van der Waals surface area contributed by atoms with Crippen molar-refractivity contribution in [2.24, 2.45) is 0 Å². The summed E-state index contributed by atoms with van der Waals surface area (Å²) in [5.74, 6) is 0.495. The van der Waals surface area contributed by atoms with Gasteiger partial charge in [0.1, 0.15) is 5.60 Å². The highest BCUT2D eigenvalue weighted by atomic mass is 16.6. The predicted octanol–water partition coefficient (Wildman–Crippen LogP) is 2.98. The molecule has 1 aromatic heterocycles. The van der Waals surface area contributed by atoms with Crippen molar-refractivity contribution in [2.75, 3.05) is 43.4 Å². The number of hydrogen-bond acceptors (Lipinski definition) is 8. The topological polar surface area (TPSA) is 108 Å². The maximum atomic E-state index is 12.2. The number of amides is 1. The summed E-state index contributed by atoms with van der Waals surface area (Å²) < 4.78 is 11.0. The molecule has 4 rings (SSSR count). The van der Waals surface area contributed by atoms with E-state index in [0.29, 0.717) is 43.7 Å². The van der Waals surface area contributed by atoms with Gasteiger partial charge in [0, 0.05) is 55.8 Å². The van der Waals surface area contributed by atoms with E-state index in [4.69, 9.17) is 14.7 Å². The maximum absolute atomic E-state index is 12.2. The average Bonchev–Trinajstić information content (AvgIpc) is 3.25. The van der Waals surface area contributed by atoms with E-state index in [2.05, 4.69) is 15.5 Å². The van der Waals surface area contributed by atoms with Crippen molar-refractivity contribution in [3.8, 4) is 11.4 Å². The Labute approximate surface area is 169 Å². The van der Waals surface area contributed by atoms with Gasteiger partial charge in [-0.25, -0.2) is 4.79 Å². The van der Waals surface area contributed by atoms with Crippen LogP contribution in [-0.2, 0) is 4.74 Å². The summed E-state index contributed by atoms with van der Waals surface area (Å²) in [4.78, 5) is 20.5. The fraction of sp³-hybridized carbons (Fsp3) is 0.500. The highest BCUT2D eigenvalue weighted by molar-refractivity contribution is 6.02. The van der Waals surface area contributed by atoms with Crippen LogP contribution in [-0.4, -0.2) is 65.7 Å². The molecule has 2 fully saturated rings. The minimum Gasteiger partial charge on any atom is -0.443 e. The number of nitrogens with zero attached hydrogens (tertiary/aromatic N) is 4. The second kappa shape index (κ2) is 7.38. The normalized spacial score (nSPS) is 17.8. The number of carbonyl (C=O) groups is 1. The number of nitrogens with one attached hydrogen (secondary N) is 2. The zero-order chi connectivity index (χ0) is 20.6. The maximum Gasteiger partial charge on any atom is 0.410 e. The summed E-state index contributed by atoms with van der Waals surface area (Å²) in [6, 6.07) is 6.12. The van der Waals surface area contributed by atoms with Gasteiger partial charge in [-0.1, -0.05) is 17.3 Å². The van der Waals surface area contributed by atoms with Gasteiger partial charge in [0.2, 0.25) is 5.82 Å². The Balaban J connectivity index is 1.41. The number of hydrogen-bond donors (Lipinski definition) is 2. The van der Waals surface area contributed by atoms with E-state index < -0.39 is 0 Å². The molecule has 2 N–H and O–H groups in total. The number of anilines is 2. The quantitative estimate of drug-likeness (QED) is 0.746. The van der Waals surface area contributed by atoms with Crippen molar-refractivity contribution < 1.29 is 14.1 Å². The first-order chi connectivity index (χ1) is 13.9. The molecule has 2 aliphatic rings. The Hall–Kier alpha value is -3.10. The van der Waals surface area contributed by atoms with Gasteiger partial charge in [0.25, 0.3) is 0 Å². The largest absolute Gasteiger partial charge is 0.443 e. The lowest BCUT2D eigenvalue weighted by molar-refractivity contribution is 0.0568. The van der Waals surface area contributed by atoms with Crippen molar-refractivity contribution in [3.63, 3.8) is 0 Å². The van der Waals surface area contributed by atoms with Crippen molar-refractivity contribution >= 4 is 23.5 Å². The van der Waals surface area contributed by atoms with Crippen LogP contribution in [0.2, 0.25) is 0 Å². The van der Waals surface area contributed by atoms with Gasteiger partial charge in [-0.15, -0.1) is 0 Å². The first-order valence-electron chi connectivity index (χ1n) is 9.83. The molecule has 2 heterocycles. The highest BCUT2D eigenvalue weighted by Gasteiger charge is 2.43. The van der Waals surface area contributed by atoms with Crippen LogP contribution in [0.3, 0.4) is 0 Å². The van der Waals surface area contributed by atoms with Crippen molar-refractivity contribution in [2.45, 2.75) is 32.3 Å². The van der Waals surface area contributed by atoms with Crippen LogP contribution in [0.15, 0.2) is 22.7 Å². The molecule has 1 saturated heterocycles. The summed E-state index contributed by atoms with van der Waals surface area (Å²) in [6.45, 7) is 6.06. The Morgan fingerprint density at radius 1 is 1.28 bits per heavy atom. The number of piperazine rings is 1. The highest BCUT2D eigenvalue weighted by Crippen LogP contribution is 2.39. The smallest absolute Gasteiger partial charge is 0.410 e. The Morgan fingerprint density at radius 3 is 2.62 bits per heavy atom. The van der Waals surface area contributed by atoms with Gasteiger partial charge in [-0.05, 0) is 32.8 Å². The Morgan fingerprint density at radius 2 is 2.00 bits per heavy atom. The lowest BCUT2D eigenvalue weighted by atomic mass is 10.1. The molecule has 1 aliphatic heterocycles. The van der Waals surface area contributed by atoms with Gasteiger partial charge in [0.05, 0.1) is 0 Å². The van der Waals surface area contributed by atoms with Crippen molar-refractivity contribution in [3.05, 3.63) is 23.8 Å². The number of benzene rings is 1. The zero-order valence-electron chi connectivity index (χ0n) is 17.0.